The number of hydrogen-bond donors (Lipinski definition) is 0. The van der Waals surface area contributed by atoms with E-state index in [2.05, 4.69) is 20.8 Å². The third-order valence-corrected chi connectivity index (χ3v) is 8.09. The van der Waals surface area contributed by atoms with Gasteiger partial charge in [0, 0.05) is 0 Å². The molecule has 0 amide bonds. The van der Waals surface area contributed by atoms with Gasteiger partial charge >= 0.3 is 0 Å². The Morgan fingerprint density at radius 1 is 0.667 bits per heavy atom. The zero-order valence-corrected chi connectivity index (χ0v) is 14.0. The first-order chi connectivity index (χ1) is 8.83. The summed E-state index contributed by atoms with van der Waals surface area (Å²) in [4.78, 5) is 0. The summed E-state index contributed by atoms with van der Waals surface area (Å²) in [6.45, 7) is 6.72. The van der Waals surface area contributed by atoms with E-state index in [1.165, 1.54) is 62.4 Å². The van der Waals surface area contributed by atoms with Crippen LogP contribution in [0, 0.1) is 0 Å². The van der Waals surface area contributed by atoms with E-state index >= 15 is 0 Å². The summed E-state index contributed by atoms with van der Waals surface area (Å²) in [5.41, 5.74) is 2.34. The molecule has 0 saturated heterocycles. The fourth-order valence-electron chi connectivity index (χ4n) is 3.64. The highest BCUT2D eigenvalue weighted by atomic mass is 31.1. The van der Waals surface area contributed by atoms with Crippen LogP contribution in [0.25, 0.3) is 0 Å². The molecule has 0 unspecified atom stereocenters. The standard InChI is InChI=1S/C14H27P.C3H8/c1-2-15(13-9-5-3-6-10-13)14-11-7-4-8-12-14;1-3-2/h13-14H,2-12H2,1H3;3H2,1-2H3. The molecule has 1 heteroatoms. The van der Waals surface area contributed by atoms with Crippen LogP contribution in [0.1, 0.15) is 91.4 Å². The molecular weight excluding hydrogens is 235 g/mol. The predicted molar refractivity (Wildman–Crippen MR) is 87.2 cm³/mol. The average Bonchev–Trinajstić information content (AvgIpc) is 2.43. The first-order valence-corrected chi connectivity index (χ1v) is 10.3. The Labute approximate surface area is 117 Å². The maximum atomic E-state index is 2.47. The smallest absolute Gasteiger partial charge is 0.0207 e. The van der Waals surface area contributed by atoms with E-state index in [0.29, 0.717) is 7.92 Å². The molecule has 2 aliphatic carbocycles. The van der Waals surface area contributed by atoms with E-state index in [0.717, 1.165) is 0 Å². The third kappa shape index (κ3) is 5.60. The SMILES string of the molecule is CCC.CCP(C1CCCCC1)C1CCCCC1. The maximum Gasteiger partial charge on any atom is -0.0207 e. The third-order valence-electron chi connectivity index (χ3n) is 4.45. The van der Waals surface area contributed by atoms with E-state index in [1.54, 1.807) is 25.7 Å². The van der Waals surface area contributed by atoms with Gasteiger partial charge in [0.25, 0.3) is 0 Å². The molecule has 2 saturated carbocycles. The van der Waals surface area contributed by atoms with Crippen LogP contribution in [-0.4, -0.2) is 17.5 Å². The van der Waals surface area contributed by atoms with Crippen LogP contribution in [0.4, 0.5) is 0 Å². The summed E-state index contributed by atoms with van der Waals surface area (Å²) in [7, 11) is 0.405. The van der Waals surface area contributed by atoms with Gasteiger partial charge in [-0.3, -0.25) is 0 Å². The van der Waals surface area contributed by atoms with Crippen molar-refractivity contribution in [1.82, 2.24) is 0 Å². The van der Waals surface area contributed by atoms with Gasteiger partial charge in [-0.05, 0) is 43.2 Å². The molecule has 2 rings (SSSR count). The van der Waals surface area contributed by atoms with Crippen LogP contribution in [0.5, 0.6) is 0 Å². The molecule has 0 heterocycles. The van der Waals surface area contributed by atoms with Crippen LogP contribution in [0.3, 0.4) is 0 Å². The first kappa shape index (κ1) is 16.5. The van der Waals surface area contributed by atoms with Crippen LogP contribution >= 0.6 is 7.92 Å². The molecule has 0 bridgehead atoms. The van der Waals surface area contributed by atoms with Crippen molar-refractivity contribution in [2.45, 2.75) is 103 Å². The monoisotopic (exact) mass is 270 g/mol. The highest BCUT2D eigenvalue weighted by Gasteiger charge is 2.29. The zero-order valence-electron chi connectivity index (χ0n) is 13.1. The van der Waals surface area contributed by atoms with Crippen molar-refractivity contribution in [2.75, 3.05) is 6.16 Å². The van der Waals surface area contributed by atoms with Crippen molar-refractivity contribution in [3.05, 3.63) is 0 Å². The summed E-state index contributed by atoms with van der Waals surface area (Å²) in [6.07, 6.45) is 18.3. The van der Waals surface area contributed by atoms with Gasteiger partial charge in [0.2, 0.25) is 0 Å². The largest absolute Gasteiger partial charge is 0.101 e. The van der Waals surface area contributed by atoms with Gasteiger partial charge in [-0.2, -0.15) is 0 Å². The molecule has 18 heavy (non-hydrogen) atoms. The minimum absolute atomic E-state index is 0.405. The lowest BCUT2D eigenvalue weighted by Gasteiger charge is -2.38. The first-order valence-electron chi connectivity index (χ1n) is 8.59. The maximum absolute atomic E-state index is 2.47. The molecule has 2 fully saturated rings. The molecule has 0 aliphatic heterocycles. The van der Waals surface area contributed by atoms with E-state index in [4.69, 9.17) is 0 Å². The highest BCUT2D eigenvalue weighted by Crippen LogP contribution is 2.55. The van der Waals surface area contributed by atoms with Crippen molar-refractivity contribution in [1.29, 1.82) is 0 Å². The lowest BCUT2D eigenvalue weighted by atomic mass is 9.99. The zero-order chi connectivity index (χ0) is 13.2. The minimum Gasteiger partial charge on any atom is -0.101 e. The van der Waals surface area contributed by atoms with Gasteiger partial charge in [-0.25, -0.2) is 0 Å². The number of rotatable bonds is 3. The lowest BCUT2D eigenvalue weighted by Crippen LogP contribution is -2.21. The molecule has 0 aromatic heterocycles. The fourth-order valence-corrected chi connectivity index (χ4v) is 7.33. The summed E-state index contributed by atoms with van der Waals surface area (Å²) in [6, 6.07) is 0. The number of hydrogen-bond acceptors (Lipinski definition) is 0. The topological polar surface area (TPSA) is 0 Å². The molecular formula is C17H35P. The minimum atomic E-state index is 0.405. The molecule has 2 aliphatic rings. The Balaban J connectivity index is 0.000000492. The molecule has 0 atom stereocenters. The Kier molecular flexibility index (Phi) is 9.38. The van der Waals surface area contributed by atoms with Gasteiger partial charge in [-0.1, -0.05) is 65.7 Å². The second-order valence-electron chi connectivity index (χ2n) is 6.12. The Morgan fingerprint density at radius 2 is 1.00 bits per heavy atom. The van der Waals surface area contributed by atoms with E-state index < -0.39 is 0 Å². The molecule has 0 aromatic carbocycles. The lowest BCUT2D eigenvalue weighted by molar-refractivity contribution is 0.484. The second kappa shape index (κ2) is 10.2. The Morgan fingerprint density at radius 3 is 1.28 bits per heavy atom. The normalized spacial score (nSPS) is 22.7. The fraction of sp³-hybridized carbons (Fsp3) is 1.00. The molecule has 0 aromatic rings. The van der Waals surface area contributed by atoms with E-state index in [9.17, 15) is 0 Å². The van der Waals surface area contributed by atoms with E-state index in [-0.39, 0.29) is 0 Å². The molecule has 0 spiro atoms. The van der Waals surface area contributed by atoms with Crippen molar-refractivity contribution >= 4 is 7.92 Å². The van der Waals surface area contributed by atoms with Crippen molar-refractivity contribution in [2.24, 2.45) is 0 Å². The molecule has 0 nitrogen and oxygen atoms in total. The summed E-state index contributed by atoms with van der Waals surface area (Å²) in [5, 5.41) is 0. The van der Waals surface area contributed by atoms with Gasteiger partial charge in [-0.15, -0.1) is 7.92 Å². The highest BCUT2D eigenvalue weighted by molar-refractivity contribution is 7.59. The Hall–Kier alpha value is 0.430. The van der Waals surface area contributed by atoms with Crippen LogP contribution in [0.2, 0.25) is 0 Å². The van der Waals surface area contributed by atoms with Crippen molar-refractivity contribution in [3.8, 4) is 0 Å². The molecule has 0 N–H and O–H groups in total. The van der Waals surface area contributed by atoms with Gasteiger partial charge in [0.1, 0.15) is 0 Å². The van der Waals surface area contributed by atoms with Gasteiger partial charge < -0.3 is 0 Å². The Bertz CT molecular complexity index is 160. The quantitative estimate of drug-likeness (QED) is 0.509. The van der Waals surface area contributed by atoms with Gasteiger partial charge in [0.15, 0.2) is 0 Å². The van der Waals surface area contributed by atoms with Crippen LogP contribution in [-0.2, 0) is 0 Å². The van der Waals surface area contributed by atoms with Crippen molar-refractivity contribution < 1.29 is 0 Å². The summed E-state index contributed by atoms with van der Waals surface area (Å²) >= 11 is 0. The van der Waals surface area contributed by atoms with Crippen molar-refractivity contribution in [3.63, 3.8) is 0 Å². The van der Waals surface area contributed by atoms with Crippen LogP contribution < -0.4 is 0 Å². The van der Waals surface area contributed by atoms with Gasteiger partial charge in [0.05, 0.1) is 0 Å². The summed E-state index contributed by atoms with van der Waals surface area (Å²) < 4.78 is 0. The molecule has 0 radical (unpaired) electrons. The average molecular weight is 270 g/mol. The van der Waals surface area contributed by atoms with Crippen LogP contribution in [0.15, 0.2) is 0 Å². The second-order valence-corrected chi connectivity index (χ2v) is 9.24. The van der Waals surface area contributed by atoms with E-state index in [1.807, 2.05) is 0 Å². The summed E-state index contributed by atoms with van der Waals surface area (Å²) in [5.74, 6) is 0. The molecule has 108 valence electrons. The predicted octanol–water partition coefficient (Wildman–Crippen LogP) is 6.57.